The van der Waals surface area contributed by atoms with Gasteiger partial charge in [-0.1, -0.05) is 6.07 Å². The number of carbonyl (C=O) groups is 2. The molecule has 1 heterocycles. The summed E-state index contributed by atoms with van der Waals surface area (Å²) in [5, 5.41) is 5.98. The van der Waals surface area contributed by atoms with Gasteiger partial charge >= 0.3 is 0 Å². The highest BCUT2D eigenvalue weighted by Crippen LogP contribution is 2.30. The van der Waals surface area contributed by atoms with Crippen molar-refractivity contribution in [2.45, 2.75) is 31.7 Å². The van der Waals surface area contributed by atoms with Crippen LogP contribution in [0, 0.1) is 5.92 Å². The second-order valence-electron chi connectivity index (χ2n) is 6.40. The largest absolute Gasteiger partial charge is 0.349 e. The molecule has 1 aliphatic heterocycles. The Morgan fingerprint density at radius 2 is 1.86 bits per heavy atom. The summed E-state index contributed by atoms with van der Waals surface area (Å²) in [6.07, 6.45) is 3.92. The minimum atomic E-state index is -0.0583. The summed E-state index contributed by atoms with van der Waals surface area (Å²) in [6.45, 7) is 2.03. The summed E-state index contributed by atoms with van der Waals surface area (Å²) in [4.78, 5) is 26.4. The molecule has 1 aromatic carbocycles. The molecular formula is C17H23N3O2. The van der Waals surface area contributed by atoms with E-state index < -0.39 is 0 Å². The molecule has 1 aliphatic carbocycles. The molecule has 0 atom stereocenters. The molecule has 0 radical (unpaired) electrons. The molecule has 1 saturated carbocycles. The summed E-state index contributed by atoms with van der Waals surface area (Å²) in [6, 6.07) is 7.42. The molecule has 1 aromatic rings. The van der Waals surface area contributed by atoms with Crippen LogP contribution in [-0.2, 0) is 4.79 Å². The van der Waals surface area contributed by atoms with Gasteiger partial charge in [-0.3, -0.25) is 9.59 Å². The number of likely N-dealkylation sites (tertiary alicyclic amines) is 1. The second kappa shape index (κ2) is 6.48. The Morgan fingerprint density at radius 3 is 2.55 bits per heavy atom. The van der Waals surface area contributed by atoms with Gasteiger partial charge in [0, 0.05) is 23.2 Å². The van der Waals surface area contributed by atoms with Crippen molar-refractivity contribution >= 4 is 17.5 Å². The third-order valence-corrected chi connectivity index (χ3v) is 4.39. The number of piperidine rings is 1. The molecule has 0 spiro atoms. The number of carbonyl (C=O) groups excluding carboxylic acids is 2. The zero-order chi connectivity index (χ0) is 15.5. The van der Waals surface area contributed by atoms with Crippen molar-refractivity contribution in [3.8, 4) is 0 Å². The first-order valence-electron chi connectivity index (χ1n) is 8.02. The van der Waals surface area contributed by atoms with Gasteiger partial charge in [-0.05, 0) is 64.0 Å². The quantitative estimate of drug-likeness (QED) is 0.892. The molecule has 5 nitrogen and oxygen atoms in total. The van der Waals surface area contributed by atoms with E-state index in [4.69, 9.17) is 0 Å². The number of amides is 2. The minimum Gasteiger partial charge on any atom is -0.349 e. The molecule has 2 fully saturated rings. The first-order chi connectivity index (χ1) is 10.6. The fraction of sp³-hybridized carbons (Fsp3) is 0.529. The molecular weight excluding hydrogens is 278 g/mol. The lowest BCUT2D eigenvalue weighted by atomic mass is 10.0. The molecule has 2 N–H and O–H groups in total. The van der Waals surface area contributed by atoms with Gasteiger partial charge in [-0.15, -0.1) is 0 Å². The number of anilines is 1. The van der Waals surface area contributed by atoms with Gasteiger partial charge < -0.3 is 15.5 Å². The highest BCUT2D eigenvalue weighted by Gasteiger charge is 2.29. The van der Waals surface area contributed by atoms with Gasteiger partial charge in [0.2, 0.25) is 5.91 Å². The lowest BCUT2D eigenvalue weighted by molar-refractivity contribution is -0.117. The van der Waals surface area contributed by atoms with Crippen molar-refractivity contribution in [1.29, 1.82) is 0 Å². The second-order valence-corrected chi connectivity index (χ2v) is 6.40. The Morgan fingerprint density at radius 1 is 1.14 bits per heavy atom. The molecule has 2 aliphatic rings. The maximum atomic E-state index is 12.3. The van der Waals surface area contributed by atoms with Crippen molar-refractivity contribution in [2.24, 2.45) is 5.92 Å². The summed E-state index contributed by atoms with van der Waals surface area (Å²) < 4.78 is 0. The van der Waals surface area contributed by atoms with Crippen molar-refractivity contribution in [3.63, 3.8) is 0 Å². The number of nitrogens with one attached hydrogen (secondary N) is 2. The fourth-order valence-electron chi connectivity index (χ4n) is 2.75. The first kappa shape index (κ1) is 15.0. The van der Waals surface area contributed by atoms with Crippen molar-refractivity contribution in [1.82, 2.24) is 10.2 Å². The fourth-order valence-corrected chi connectivity index (χ4v) is 2.75. The summed E-state index contributed by atoms with van der Waals surface area (Å²) >= 11 is 0. The van der Waals surface area contributed by atoms with E-state index in [1.54, 1.807) is 12.1 Å². The summed E-state index contributed by atoms with van der Waals surface area (Å²) in [7, 11) is 2.10. The maximum absolute atomic E-state index is 12.3. The number of hydrogen-bond acceptors (Lipinski definition) is 3. The van der Waals surface area contributed by atoms with Crippen LogP contribution >= 0.6 is 0 Å². The SMILES string of the molecule is CN1CCC(NC(=O)c2cccc(NC(=O)C3CC3)c2)CC1. The van der Waals surface area contributed by atoms with E-state index in [0.717, 1.165) is 38.8 Å². The number of rotatable bonds is 4. The van der Waals surface area contributed by atoms with E-state index in [9.17, 15) is 9.59 Å². The monoisotopic (exact) mass is 301 g/mol. The van der Waals surface area contributed by atoms with Gasteiger partial charge in [0.05, 0.1) is 0 Å². The Bertz CT molecular complexity index is 561. The third kappa shape index (κ3) is 3.85. The molecule has 2 amide bonds. The average molecular weight is 301 g/mol. The molecule has 1 saturated heterocycles. The van der Waals surface area contributed by atoms with Gasteiger partial charge in [-0.25, -0.2) is 0 Å². The van der Waals surface area contributed by atoms with E-state index in [1.165, 1.54) is 0 Å². The molecule has 0 aromatic heterocycles. The van der Waals surface area contributed by atoms with Gasteiger partial charge in [0.15, 0.2) is 0 Å². The highest BCUT2D eigenvalue weighted by atomic mass is 16.2. The van der Waals surface area contributed by atoms with E-state index in [-0.39, 0.29) is 23.8 Å². The van der Waals surface area contributed by atoms with Crippen LogP contribution in [0.3, 0.4) is 0 Å². The van der Waals surface area contributed by atoms with Crippen LogP contribution in [0.2, 0.25) is 0 Å². The molecule has 0 unspecified atom stereocenters. The maximum Gasteiger partial charge on any atom is 0.251 e. The number of benzene rings is 1. The van der Waals surface area contributed by atoms with Crippen LogP contribution < -0.4 is 10.6 Å². The van der Waals surface area contributed by atoms with Gasteiger partial charge in [0.25, 0.3) is 5.91 Å². The van der Waals surface area contributed by atoms with Gasteiger partial charge in [-0.2, -0.15) is 0 Å². The van der Waals surface area contributed by atoms with Crippen molar-refractivity contribution in [2.75, 3.05) is 25.5 Å². The van der Waals surface area contributed by atoms with Crippen LogP contribution in [0.4, 0.5) is 5.69 Å². The van der Waals surface area contributed by atoms with Crippen LogP contribution in [-0.4, -0.2) is 42.9 Å². The van der Waals surface area contributed by atoms with Crippen molar-refractivity contribution in [3.05, 3.63) is 29.8 Å². The summed E-state index contributed by atoms with van der Waals surface area (Å²) in [5.74, 6) is 0.168. The van der Waals surface area contributed by atoms with Crippen LogP contribution in [0.5, 0.6) is 0 Å². The standard InChI is InChI=1S/C17H23N3O2/c1-20-9-7-14(8-10-20)18-17(22)13-3-2-4-15(11-13)19-16(21)12-5-6-12/h2-4,11-12,14H,5-10H2,1H3,(H,18,22)(H,19,21). The Labute approximate surface area is 131 Å². The molecule has 3 rings (SSSR count). The zero-order valence-electron chi connectivity index (χ0n) is 13.0. The predicted octanol–water partition coefficient (Wildman–Crippen LogP) is 1.86. The Balaban J connectivity index is 1.58. The highest BCUT2D eigenvalue weighted by molar-refractivity contribution is 5.98. The van der Waals surface area contributed by atoms with E-state index in [0.29, 0.717) is 11.3 Å². The summed E-state index contributed by atoms with van der Waals surface area (Å²) in [5.41, 5.74) is 1.31. The van der Waals surface area contributed by atoms with Crippen LogP contribution in [0.15, 0.2) is 24.3 Å². The van der Waals surface area contributed by atoms with Gasteiger partial charge in [0.1, 0.15) is 0 Å². The molecule has 22 heavy (non-hydrogen) atoms. The third-order valence-electron chi connectivity index (χ3n) is 4.39. The topological polar surface area (TPSA) is 61.4 Å². The van der Waals surface area contributed by atoms with E-state index in [1.807, 2.05) is 12.1 Å². The Hall–Kier alpha value is -1.88. The van der Waals surface area contributed by atoms with E-state index in [2.05, 4.69) is 22.6 Å². The number of nitrogens with zero attached hydrogens (tertiary/aromatic N) is 1. The molecule has 5 heteroatoms. The smallest absolute Gasteiger partial charge is 0.251 e. The van der Waals surface area contributed by atoms with E-state index >= 15 is 0 Å². The molecule has 118 valence electrons. The lowest BCUT2D eigenvalue weighted by Gasteiger charge is -2.29. The average Bonchev–Trinajstić information content (AvgIpc) is 3.34. The van der Waals surface area contributed by atoms with Crippen LogP contribution in [0.25, 0.3) is 0 Å². The molecule has 0 bridgehead atoms. The van der Waals surface area contributed by atoms with Crippen LogP contribution in [0.1, 0.15) is 36.0 Å². The Kier molecular flexibility index (Phi) is 4.43. The zero-order valence-corrected chi connectivity index (χ0v) is 13.0. The normalized spacial score (nSPS) is 19.7. The predicted molar refractivity (Wildman–Crippen MR) is 85.8 cm³/mol. The van der Waals surface area contributed by atoms with Crippen molar-refractivity contribution < 1.29 is 9.59 Å². The first-order valence-corrected chi connectivity index (χ1v) is 8.02. The number of hydrogen-bond donors (Lipinski definition) is 2. The lowest BCUT2D eigenvalue weighted by Crippen LogP contribution is -2.43. The minimum absolute atomic E-state index is 0.0583.